The molecule has 1 unspecified atom stereocenters. The van der Waals surface area contributed by atoms with Crippen molar-refractivity contribution in [3.8, 4) is 6.07 Å². The number of benzene rings is 1. The molecule has 162 valence electrons. The molecule has 31 heavy (non-hydrogen) atoms. The Kier molecular flexibility index (Phi) is 5.99. The standard InChI is InChI=1S/C23H27N5O2S/c24-15-16-2-1-3-18(14-16)17-4-9-28(10-5-17)23-26-20-8-13-31(29)21(20)22(27-23)25-19-6-11-30-12-7-19/h1-3,14,17,19H,4-13H2,(H,25,26,27). The number of ether oxygens (including phenoxy) is 1. The Morgan fingerprint density at radius 1 is 1.16 bits per heavy atom. The zero-order chi connectivity index (χ0) is 21.2. The van der Waals surface area contributed by atoms with Crippen molar-refractivity contribution in [2.75, 3.05) is 42.3 Å². The number of rotatable bonds is 4. The van der Waals surface area contributed by atoms with Gasteiger partial charge in [0.15, 0.2) is 5.82 Å². The summed E-state index contributed by atoms with van der Waals surface area (Å²) in [5.41, 5.74) is 2.89. The van der Waals surface area contributed by atoms with Crippen LogP contribution in [0.5, 0.6) is 0 Å². The molecule has 0 saturated carbocycles. The monoisotopic (exact) mass is 437 g/mol. The van der Waals surface area contributed by atoms with Gasteiger partial charge in [-0.1, -0.05) is 12.1 Å². The summed E-state index contributed by atoms with van der Waals surface area (Å²) in [6.45, 7) is 3.25. The third kappa shape index (κ3) is 4.36. The van der Waals surface area contributed by atoms with Crippen molar-refractivity contribution in [2.45, 2.75) is 49.0 Å². The lowest BCUT2D eigenvalue weighted by Gasteiger charge is -2.33. The molecule has 3 aliphatic rings. The summed E-state index contributed by atoms with van der Waals surface area (Å²) in [5.74, 6) is 2.59. The zero-order valence-corrected chi connectivity index (χ0v) is 18.4. The summed E-state index contributed by atoms with van der Waals surface area (Å²) in [4.78, 5) is 12.7. The minimum atomic E-state index is -1.02. The van der Waals surface area contributed by atoms with E-state index in [1.54, 1.807) is 0 Å². The van der Waals surface area contributed by atoms with Crippen molar-refractivity contribution in [3.05, 3.63) is 41.1 Å². The molecule has 1 aromatic heterocycles. The average molecular weight is 438 g/mol. The Morgan fingerprint density at radius 3 is 2.74 bits per heavy atom. The molecule has 5 rings (SSSR count). The normalized spacial score (nSPS) is 22.2. The molecule has 0 radical (unpaired) electrons. The maximum atomic E-state index is 12.6. The van der Waals surface area contributed by atoms with E-state index in [0.717, 1.165) is 86.3 Å². The third-order valence-corrected chi connectivity index (χ3v) is 7.96. The zero-order valence-electron chi connectivity index (χ0n) is 17.5. The van der Waals surface area contributed by atoms with Crippen LogP contribution in [-0.4, -0.2) is 52.6 Å². The molecule has 0 spiro atoms. The number of nitrogens with one attached hydrogen (secondary N) is 1. The Morgan fingerprint density at radius 2 is 1.97 bits per heavy atom. The molecular weight excluding hydrogens is 410 g/mol. The smallest absolute Gasteiger partial charge is 0.227 e. The van der Waals surface area contributed by atoms with Crippen LogP contribution in [0.15, 0.2) is 29.2 Å². The van der Waals surface area contributed by atoms with Crippen molar-refractivity contribution in [3.63, 3.8) is 0 Å². The molecule has 2 fully saturated rings. The highest BCUT2D eigenvalue weighted by Gasteiger charge is 2.34. The predicted molar refractivity (Wildman–Crippen MR) is 120 cm³/mol. The third-order valence-electron chi connectivity index (χ3n) is 6.50. The number of fused-ring (bicyclic) bond motifs is 1. The molecule has 1 N–H and O–H groups in total. The largest absolute Gasteiger partial charge is 0.611 e. The Labute approximate surface area is 186 Å². The van der Waals surface area contributed by atoms with Crippen LogP contribution >= 0.6 is 0 Å². The number of aromatic nitrogens is 2. The lowest BCUT2D eigenvalue weighted by atomic mass is 9.89. The van der Waals surface area contributed by atoms with Gasteiger partial charge in [0.05, 0.1) is 11.6 Å². The molecule has 8 heteroatoms. The summed E-state index contributed by atoms with van der Waals surface area (Å²) in [7, 11) is 0. The minimum Gasteiger partial charge on any atom is -0.611 e. The van der Waals surface area contributed by atoms with Crippen LogP contribution in [0.25, 0.3) is 0 Å². The van der Waals surface area contributed by atoms with Crippen LogP contribution in [0.1, 0.15) is 48.4 Å². The average Bonchev–Trinajstić information content (AvgIpc) is 3.21. The molecule has 3 aliphatic heterocycles. The maximum absolute atomic E-state index is 12.6. The van der Waals surface area contributed by atoms with Crippen LogP contribution in [0.3, 0.4) is 0 Å². The van der Waals surface area contributed by atoms with Gasteiger partial charge in [0.25, 0.3) is 0 Å². The van der Waals surface area contributed by atoms with Crippen molar-refractivity contribution < 1.29 is 9.29 Å². The summed E-state index contributed by atoms with van der Waals surface area (Å²) >= 11 is -1.02. The quantitative estimate of drug-likeness (QED) is 0.735. The van der Waals surface area contributed by atoms with Crippen molar-refractivity contribution in [1.29, 1.82) is 5.26 Å². The SMILES string of the molecule is N#Cc1cccc(C2CCN(c3nc4c(c(NC5CCOCC5)n3)[S+]([O-])CC4)CC2)c1. The molecule has 1 atom stereocenters. The molecule has 0 aliphatic carbocycles. The summed E-state index contributed by atoms with van der Waals surface area (Å²) < 4.78 is 18.1. The van der Waals surface area contributed by atoms with E-state index in [-0.39, 0.29) is 0 Å². The van der Waals surface area contributed by atoms with Crippen LogP contribution in [0, 0.1) is 11.3 Å². The van der Waals surface area contributed by atoms with Gasteiger partial charge in [-0.15, -0.1) is 0 Å². The summed E-state index contributed by atoms with van der Waals surface area (Å²) in [6, 6.07) is 10.5. The van der Waals surface area contributed by atoms with Crippen molar-refractivity contribution in [2.24, 2.45) is 0 Å². The number of nitrogens with zero attached hydrogens (tertiary/aromatic N) is 4. The van der Waals surface area contributed by atoms with Crippen LogP contribution < -0.4 is 10.2 Å². The second kappa shape index (κ2) is 9.03. The Hall–Kier alpha value is -2.34. The minimum absolute atomic E-state index is 0.302. The van der Waals surface area contributed by atoms with Crippen molar-refractivity contribution >= 4 is 22.9 Å². The Balaban J connectivity index is 1.33. The van der Waals surface area contributed by atoms with Gasteiger partial charge in [-0.05, 0) is 60.5 Å². The number of aryl methyl sites for hydroxylation is 1. The van der Waals surface area contributed by atoms with Crippen LogP contribution in [0.2, 0.25) is 0 Å². The highest BCUT2D eigenvalue weighted by molar-refractivity contribution is 7.91. The first-order valence-electron chi connectivity index (χ1n) is 11.1. The summed E-state index contributed by atoms with van der Waals surface area (Å²) in [5, 5.41) is 12.7. The molecule has 2 saturated heterocycles. The number of hydrogen-bond donors (Lipinski definition) is 1. The fraction of sp³-hybridized carbons (Fsp3) is 0.522. The Bertz CT molecular complexity index is 980. The van der Waals surface area contributed by atoms with Gasteiger partial charge in [0, 0.05) is 38.8 Å². The van der Waals surface area contributed by atoms with E-state index in [0.29, 0.717) is 17.7 Å². The van der Waals surface area contributed by atoms with Gasteiger partial charge in [-0.2, -0.15) is 10.2 Å². The van der Waals surface area contributed by atoms with Gasteiger partial charge in [0.1, 0.15) is 11.4 Å². The van der Waals surface area contributed by atoms with Gasteiger partial charge in [-0.3, -0.25) is 0 Å². The van der Waals surface area contributed by atoms with E-state index in [1.165, 1.54) is 5.56 Å². The topological polar surface area (TPSA) is 97.1 Å². The molecule has 4 heterocycles. The first-order valence-corrected chi connectivity index (χ1v) is 12.4. The highest BCUT2D eigenvalue weighted by atomic mass is 32.2. The molecule has 0 amide bonds. The van der Waals surface area contributed by atoms with Crippen LogP contribution in [0.4, 0.5) is 11.8 Å². The van der Waals surface area contributed by atoms with Gasteiger partial charge >= 0.3 is 0 Å². The second-order valence-electron chi connectivity index (χ2n) is 8.48. The first-order chi connectivity index (χ1) is 15.2. The number of anilines is 2. The van der Waals surface area contributed by atoms with E-state index in [4.69, 9.17) is 14.7 Å². The van der Waals surface area contributed by atoms with Crippen LogP contribution in [-0.2, 0) is 22.3 Å². The first kappa shape index (κ1) is 20.6. The van der Waals surface area contributed by atoms with E-state index >= 15 is 0 Å². The molecule has 0 bridgehead atoms. The summed E-state index contributed by atoms with van der Waals surface area (Å²) in [6.07, 6.45) is 4.63. The van der Waals surface area contributed by atoms with Gasteiger partial charge in [0.2, 0.25) is 10.8 Å². The lowest BCUT2D eigenvalue weighted by molar-refractivity contribution is 0.0903. The fourth-order valence-electron chi connectivity index (χ4n) is 4.73. The molecule has 1 aromatic carbocycles. The van der Waals surface area contributed by atoms with E-state index in [2.05, 4.69) is 22.4 Å². The number of hydrogen-bond acceptors (Lipinski definition) is 7. The molecule has 2 aromatic rings. The van der Waals surface area contributed by atoms with Crippen molar-refractivity contribution in [1.82, 2.24) is 9.97 Å². The predicted octanol–water partition coefficient (Wildman–Crippen LogP) is 2.99. The van der Waals surface area contributed by atoms with E-state index in [1.807, 2.05) is 18.2 Å². The number of piperidine rings is 1. The van der Waals surface area contributed by atoms with E-state index in [9.17, 15) is 9.81 Å². The van der Waals surface area contributed by atoms with Gasteiger partial charge in [-0.25, -0.2) is 4.98 Å². The fourth-order valence-corrected chi connectivity index (χ4v) is 6.05. The lowest BCUT2D eigenvalue weighted by Crippen LogP contribution is -2.35. The maximum Gasteiger partial charge on any atom is 0.227 e. The number of nitriles is 1. The molecule has 7 nitrogen and oxygen atoms in total. The molecular formula is C23H27N5O2S. The van der Waals surface area contributed by atoms with E-state index < -0.39 is 11.2 Å². The highest BCUT2D eigenvalue weighted by Crippen LogP contribution is 2.35. The second-order valence-corrected chi connectivity index (χ2v) is 9.98. The van der Waals surface area contributed by atoms with Gasteiger partial charge < -0.3 is 19.5 Å².